The Morgan fingerprint density at radius 2 is 1.87 bits per heavy atom. The molecule has 38 heavy (non-hydrogen) atoms. The highest BCUT2D eigenvalue weighted by Gasteiger charge is 2.47. The molecule has 2 aromatic carbocycles. The number of Topliss-reactive ketones (excluding diaryl/α,β-unsaturated/α-hetero) is 1. The lowest BCUT2D eigenvalue weighted by atomic mass is 9.94. The van der Waals surface area contributed by atoms with Gasteiger partial charge in [0.15, 0.2) is 11.5 Å². The first-order chi connectivity index (χ1) is 18.3. The lowest BCUT2D eigenvalue weighted by Gasteiger charge is -2.28. The smallest absolute Gasteiger partial charge is 0.295 e. The number of methoxy groups -OCH3 is 1. The molecular weight excluding hydrogens is 486 g/mol. The lowest BCUT2D eigenvalue weighted by molar-refractivity contribution is -0.140. The maximum atomic E-state index is 13.4. The number of hydrogen-bond acceptors (Lipinski definition) is 7. The number of aliphatic hydroxyl groups excluding tert-OH is 1. The third-order valence-corrected chi connectivity index (χ3v) is 6.86. The molecule has 0 aliphatic carbocycles. The molecule has 2 heterocycles. The van der Waals surface area contributed by atoms with Gasteiger partial charge in [0, 0.05) is 18.7 Å². The highest BCUT2D eigenvalue weighted by molar-refractivity contribution is 6.46. The van der Waals surface area contributed by atoms with Crippen LogP contribution >= 0.6 is 0 Å². The molecule has 8 nitrogen and oxygen atoms in total. The quantitative estimate of drug-likeness (QED) is 0.248. The zero-order valence-electron chi connectivity index (χ0n) is 22.6. The van der Waals surface area contributed by atoms with Crippen molar-refractivity contribution >= 4 is 17.4 Å². The van der Waals surface area contributed by atoms with Gasteiger partial charge in [0.2, 0.25) is 0 Å². The maximum Gasteiger partial charge on any atom is 0.295 e. The summed E-state index contributed by atoms with van der Waals surface area (Å²) in [5.74, 6) is 0.611. The van der Waals surface area contributed by atoms with Gasteiger partial charge < -0.3 is 29.0 Å². The number of hydrogen-bond donors (Lipinski definition) is 1. The maximum absolute atomic E-state index is 13.4. The van der Waals surface area contributed by atoms with E-state index in [-0.39, 0.29) is 24.0 Å². The van der Waals surface area contributed by atoms with E-state index in [1.54, 1.807) is 43.5 Å². The second-order valence-electron chi connectivity index (χ2n) is 9.99. The number of ketones is 1. The van der Waals surface area contributed by atoms with Gasteiger partial charge in [-0.25, -0.2) is 0 Å². The normalized spacial score (nSPS) is 20.8. The molecule has 0 aromatic heterocycles. The molecule has 0 unspecified atom stereocenters. The van der Waals surface area contributed by atoms with Crippen LogP contribution in [0, 0.1) is 5.92 Å². The van der Waals surface area contributed by atoms with Crippen LogP contribution in [0.4, 0.5) is 0 Å². The van der Waals surface area contributed by atoms with Crippen molar-refractivity contribution in [2.45, 2.75) is 52.2 Å². The van der Waals surface area contributed by atoms with E-state index in [4.69, 9.17) is 18.9 Å². The lowest BCUT2D eigenvalue weighted by Crippen LogP contribution is -2.36. The number of benzene rings is 2. The number of carbonyl (C=O) groups is 2. The van der Waals surface area contributed by atoms with Gasteiger partial charge in [-0.3, -0.25) is 9.59 Å². The minimum absolute atomic E-state index is 0.0349. The summed E-state index contributed by atoms with van der Waals surface area (Å²) in [5, 5.41) is 11.3. The average Bonchev–Trinajstić information content (AvgIpc) is 3.51. The van der Waals surface area contributed by atoms with Crippen molar-refractivity contribution < 1.29 is 33.6 Å². The summed E-state index contributed by atoms with van der Waals surface area (Å²) in [4.78, 5) is 28.1. The molecule has 0 radical (unpaired) electrons. The number of ether oxygens (including phenoxy) is 4. The second kappa shape index (κ2) is 12.3. The van der Waals surface area contributed by atoms with Crippen LogP contribution in [-0.2, 0) is 14.3 Å². The van der Waals surface area contributed by atoms with Gasteiger partial charge in [-0.1, -0.05) is 19.9 Å². The van der Waals surface area contributed by atoms with Gasteiger partial charge in [-0.15, -0.1) is 0 Å². The van der Waals surface area contributed by atoms with Crippen LogP contribution in [0.25, 0.3) is 5.76 Å². The van der Waals surface area contributed by atoms with E-state index in [0.29, 0.717) is 54.1 Å². The van der Waals surface area contributed by atoms with E-state index < -0.39 is 17.7 Å². The fraction of sp³-hybridized carbons (Fsp3) is 0.467. The topological polar surface area (TPSA) is 94.5 Å². The molecule has 2 aromatic rings. The standard InChI is InChI=1S/C30H37NO7/c1-5-36-22-11-8-20(9-12-22)28(32)26-27(31(30(34)29(26)33)18-23-7-6-15-37-23)21-10-13-24(25(17-21)35-4)38-16-14-19(2)3/h8-13,17,19,23,27,32H,5-7,14-16,18H2,1-4H3/t23-,27-/m1/s1. The molecule has 2 saturated heterocycles. The Morgan fingerprint density at radius 1 is 1.11 bits per heavy atom. The SMILES string of the molecule is CCOc1ccc(C(O)=C2C(=O)C(=O)N(C[C@H]3CCCO3)[C@@H]2c2ccc(OCCC(C)C)c(OC)c2)cc1. The monoisotopic (exact) mass is 523 g/mol. The van der Waals surface area contributed by atoms with Crippen molar-refractivity contribution in [1.29, 1.82) is 0 Å². The predicted octanol–water partition coefficient (Wildman–Crippen LogP) is 5.12. The van der Waals surface area contributed by atoms with Gasteiger partial charge >= 0.3 is 0 Å². The van der Waals surface area contributed by atoms with Gasteiger partial charge in [-0.05, 0) is 74.1 Å². The summed E-state index contributed by atoms with van der Waals surface area (Å²) >= 11 is 0. The molecule has 1 amide bonds. The zero-order chi connectivity index (χ0) is 27.2. The number of likely N-dealkylation sites (tertiary alicyclic amines) is 1. The zero-order valence-corrected chi connectivity index (χ0v) is 22.6. The van der Waals surface area contributed by atoms with Gasteiger partial charge in [0.1, 0.15) is 11.5 Å². The van der Waals surface area contributed by atoms with Crippen LogP contribution in [0.15, 0.2) is 48.0 Å². The number of carbonyl (C=O) groups excluding carboxylic acids is 2. The number of rotatable bonds is 11. The molecule has 204 valence electrons. The third kappa shape index (κ3) is 5.96. The number of nitrogens with zero attached hydrogens (tertiary/aromatic N) is 1. The Balaban J connectivity index is 1.75. The van der Waals surface area contributed by atoms with Crippen LogP contribution in [0.1, 0.15) is 57.2 Å². The summed E-state index contributed by atoms with van der Waals surface area (Å²) in [6.45, 7) is 8.09. The van der Waals surface area contributed by atoms with Crippen LogP contribution in [0.3, 0.4) is 0 Å². The van der Waals surface area contributed by atoms with Crippen molar-refractivity contribution in [3.05, 3.63) is 59.2 Å². The molecular formula is C30H37NO7. The average molecular weight is 524 g/mol. The molecule has 0 spiro atoms. The van der Waals surface area contributed by atoms with E-state index >= 15 is 0 Å². The van der Waals surface area contributed by atoms with Crippen LogP contribution in [-0.4, -0.2) is 61.3 Å². The van der Waals surface area contributed by atoms with E-state index in [1.807, 2.05) is 13.0 Å². The first-order valence-corrected chi connectivity index (χ1v) is 13.3. The second-order valence-corrected chi connectivity index (χ2v) is 9.99. The largest absolute Gasteiger partial charge is 0.507 e. The molecule has 2 aliphatic rings. The molecule has 2 aliphatic heterocycles. The predicted molar refractivity (Wildman–Crippen MR) is 144 cm³/mol. The molecule has 1 N–H and O–H groups in total. The van der Waals surface area contributed by atoms with Crippen molar-refractivity contribution in [1.82, 2.24) is 4.90 Å². The Hall–Kier alpha value is -3.52. The van der Waals surface area contributed by atoms with E-state index in [9.17, 15) is 14.7 Å². The first-order valence-electron chi connectivity index (χ1n) is 13.3. The van der Waals surface area contributed by atoms with Crippen LogP contribution < -0.4 is 14.2 Å². The van der Waals surface area contributed by atoms with E-state index in [1.165, 1.54) is 4.90 Å². The molecule has 0 saturated carbocycles. The van der Waals surface area contributed by atoms with Crippen molar-refractivity contribution in [3.8, 4) is 17.2 Å². The van der Waals surface area contributed by atoms with E-state index in [0.717, 1.165) is 19.3 Å². The Bertz CT molecular complexity index is 1170. The molecule has 2 fully saturated rings. The summed E-state index contributed by atoms with van der Waals surface area (Å²) in [6, 6.07) is 11.4. The fourth-order valence-electron chi connectivity index (χ4n) is 4.83. The molecule has 2 atom stereocenters. The van der Waals surface area contributed by atoms with E-state index in [2.05, 4.69) is 13.8 Å². The van der Waals surface area contributed by atoms with Crippen molar-refractivity contribution in [2.24, 2.45) is 5.92 Å². The highest BCUT2D eigenvalue weighted by Crippen LogP contribution is 2.42. The molecule has 8 heteroatoms. The van der Waals surface area contributed by atoms with Gasteiger partial charge in [0.25, 0.3) is 11.7 Å². The minimum atomic E-state index is -0.801. The Morgan fingerprint density at radius 3 is 2.50 bits per heavy atom. The van der Waals surface area contributed by atoms with Crippen LogP contribution in [0.5, 0.6) is 17.2 Å². The fourth-order valence-corrected chi connectivity index (χ4v) is 4.83. The first kappa shape index (κ1) is 27.5. The van der Waals surface area contributed by atoms with Gasteiger partial charge in [-0.2, -0.15) is 0 Å². The summed E-state index contributed by atoms with van der Waals surface area (Å²) in [6.07, 6.45) is 2.44. The molecule has 0 bridgehead atoms. The number of amides is 1. The van der Waals surface area contributed by atoms with Crippen LogP contribution in [0.2, 0.25) is 0 Å². The Labute approximate surface area is 224 Å². The highest BCUT2D eigenvalue weighted by atomic mass is 16.5. The minimum Gasteiger partial charge on any atom is -0.507 e. The van der Waals surface area contributed by atoms with Gasteiger partial charge in [0.05, 0.1) is 38.0 Å². The van der Waals surface area contributed by atoms with Crippen molar-refractivity contribution in [2.75, 3.05) is 33.5 Å². The summed E-state index contributed by atoms with van der Waals surface area (Å²) < 4.78 is 22.8. The third-order valence-electron chi connectivity index (χ3n) is 6.86. The Kier molecular flexibility index (Phi) is 8.94. The number of aliphatic hydroxyl groups is 1. The van der Waals surface area contributed by atoms with Crippen molar-refractivity contribution in [3.63, 3.8) is 0 Å². The molecule has 4 rings (SSSR count). The summed E-state index contributed by atoms with van der Waals surface area (Å²) in [7, 11) is 1.55. The summed E-state index contributed by atoms with van der Waals surface area (Å²) in [5.41, 5.74) is 1.10.